The third-order valence-corrected chi connectivity index (χ3v) is 6.34. The van der Waals surface area contributed by atoms with Crippen LogP contribution in [-0.2, 0) is 9.53 Å². The average Bonchev–Trinajstić information content (AvgIpc) is 2.53. The van der Waals surface area contributed by atoms with Gasteiger partial charge in [0, 0.05) is 5.41 Å². The molecule has 0 heterocycles. The molecule has 0 unspecified atom stereocenters. The summed E-state index contributed by atoms with van der Waals surface area (Å²) in [7, 11) is 0. The summed E-state index contributed by atoms with van der Waals surface area (Å²) in [6.07, 6.45) is 6.78. The Morgan fingerprint density at radius 1 is 1.12 bits per heavy atom. The van der Waals surface area contributed by atoms with Gasteiger partial charge in [0.25, 0.3) is 0 Å². The number of ketones is 1. The van der Waals surface area contributed by atoms with E-state index in [1.807, 2.05) is 6.92 Å². The number of rotatable bonds is 4. The van der Waals surface area contributed by atoms with Crippen molar-refractivity contribution in [3.8, 4) is 5.75 Å². The van der Waals surface area contributed by atoms with Crippen LogP contribution in [0.1, 0.15) is 54.4 Å². The molecule has 0 amide bonds. The summed E-state index contributed by atoms with van der Waals surface area (Å²) in [5.74, 6) is 1.44. The van der Waals surface area contributed by atoms with Crippen LogP contribution < -0.4 is 0 Å². The Hall–Kier alpha value is -1.84. The van der Waals surface area contributed by atoms with E-state index in [-0.39, 0.29) is 29.1 Å². The zero-order valence-corrected chi connectivity index (χ0v) is 14.1. The van der Waals surface area contributed by atoms with Crippen molar-refractivity contribution < 1.29 is 19.4 Å². The molecule has 5 rings (SSSR count). The Kier molecular flexibility index (Phi) is 3.66. The Morgan fingerprint density at radius 2 is 1.71 bits per heavy atom. The molecule has 24 heavy (non-hydrogen) atoms. The molecule has 0 radical (unpaired) electrons. The first-order valence-electron chi connectivity index (χ1n) is 8.95. The number of aromatic hydroxyl groups is 1. The lowest BCUT2D eigenvalue weighted by Crippen LogP contribution is -2.51. The van der Waals surface area contributed by atoms with Crippen LogP contribution in [0.25, 0.3) is 0 Å². The molecule has 0 aromatic heterocycles. The average molecular weight is 328 g/mol. The summed E-state index contributed by atoms with van der Waals surface area (Å²) in [5, 5.41) is 9.81. The topological polar surface area (TPSA) is 63.6 Å². The molecule has 4 saturated carbocycles. The van der Waals surface area contributed by atoms with Crippen LogP contribution in [0.5, 0.6) is 5.75 Å². The smallest absolute Gasteiger partial charge is 0.342 e. The van der Waals surface area contributed by atoms with E-state index in [1.54, 1.807) is 12.1 Å². The molecule has 4 heteroatoms. The van der Waals surface area contributed by atoms with Crippen LogP contribution in [0.15, 0.2) is 18.2 Å². The summed E-state index contributed by atoms with van der Waals surface area (Å²) in [5.41, 5.74) is 0.754. The van der Waals surface area contributed by atoms with Gasteiger partial charge in [0.05, 0.1) is 0 Å². The summed E-state index contributed by atoms with van der Waals surface area (Å²) in [6.45, 7) is 1.68. The zero-order valence-electron chi connectivity index (χ0n) is 14.1. The highest BCUT2D eigenvalue weighted by Crippen LogP contribution is 2.60. The number of carbonyl (C=O) groups excluding carboxylic acids is 2. The van der Waals surface area contributed by atoms with E-state index in [4.69, 9.17) is 4.74 Å². The highest BCUT2D eigenvalue weighted by atomic mass is 16.5. The summed E-state index contributed by atoms with van der Waals surface area (Å²) in [4.78, 5) is 25.1. The minimum atomic E-state index is -0.616. The first-order chi connectivity index (χ1) is 11.4. The van der Waals surface area contributed by atoms with Crippen LogP contribution in [0, 0.1) is 30.1 Å². The second-order valence-electron chi connectivity index (χ2n) is 8.22. The molecular formula is C20H24O4. The third kappa shape index (κ3) is 2.62. The first-order valence-corrected chi connectivity index (χ1v) is 8.95. The largest absolute Gasteiger partial charge is 0.507 e. The number of aryl methyl sites for hydroxylation is 1. The number of esters is 1. The Morgan fingerprint density at radius 3 is 2.29 bits per heavy atom. The normalized spacial score (nSPS) is 33.5. The number of benzene rings is 1. The van der Waals surface area contributed by atoms with Gasteiger partial charge in [-0.15, -0.1) is 0 Å². The summed E-state index contributed by atoms with van der Waals surface area (Å²) in [6, 6.07) is 4.80. The maximum Gasteiger partial charge on any atom is 0.342 e. The van der Waals surface area contributed by atoms with Crippen molar-refractivity contribution in [2.45, 2.75) is 45.4 Å². The van der Waals surface area contributed by atoms with Gasteiger partial charge < -0.3 is 9.84 Å². The number of hydrogen-bond acceptors (Lipinski definition) is 4. The predicted molar refractivity (Wildman–Crippen MR) is 88.7 cm³/mol. The molecule has 4 nitrogen and oxygen atoms in total. The Labute approximate surface area is 142 Å². The van der Waals surface area contributed by atoms with Gasteiger partial charge in [-0.2, -0.15) is 0 Å². The highest BCUT2D eigenvalue weighted by Gasteiger charge is 2.54. The van der Waals surface area contributed by atoms with E-state index in [2.05, 4.69) is 0 Å². The van der Waals surface area contributed by atoms with E-state index in [1.165, 1.54) is 25.3 Å². The van der Waals surface area contributed by atoms with Gasteiger partial charge in [0.1, 0.15) is 11.3 Å². The highest BCUT2D eigenvalue weighted by molar-refractivity contribution is 5.95. The molecule has 0 spiro atoms. The van der Waals surface area contributed by atoms with Crippen molar-refractivity contribution in [3.05, 3.63) is 29.3 Å². The number of hydrogen-bond donors (Lipinski definition) is 1. The van der Waals surface area contributed by atoms with E-state index in [9.17, 15) is 14.7 Å². The molecule has 4 bridgehead atoms. The number of ether oxygens (including phenoxy) is 1. The fourth-order valence-electron chi connectivity index (χ4n) is 5.63. The quantitative estimate of drug-likeness (QED) is 0.857. The molecule has 1 aromatic rings. The second-order valence-corrected chi connectivity index (χ2v) is 8.22. The fraction of sp³-hybridized carbons (Fsp3) is 0.600. The maximum atomic E-state index is 12.8. The molecule has 0 saturated heterocycles. The van der Waals surface area contributed by atoms with E-state index in [0.717, 1.165) is 24.8 Å². The predicted octanol–water partition coefficient (Wildman–Crippen LogP) is 3.64. The number of Topliss-reactive ketones (excluding diaryl/α,β-unsaturated/α-hetero) is 1. The monoisotopic (exact) mass is 328 g/mol. The molecule has 0 aliphatic heterocycles. The van der Waals surface area contributed by atoms with E-state index < -0.39 is 5.97 Å². The van der Waals surface area contributed by atoms with E-state index in [0.29, 0.717) is 17.8 Å². The molecule has 128 valence electrons. The standard InChI is InChI=1S/C20H24O4/c1-12-2-3-17(21)16(4-12)19(23)24-11-18(22)20-8-13-5-14(9-20)7-15(6-13)10-20/h2-4,13-15,21H,5-11H2,1H3. The number of carbonyl (C=O) groups is 2. The molecule has 0 atom stereocenters. The molecule has 4 fully saturated rings. The van der Waals surface area contributed by atoms with Crippen molar-refractivity contribution in [2.75, 3.05) is 6.61 Å². The lowest BCUT2D eigenvalue weighted by atomic mass is 9.48. The van der Waals surface area contributed by atoms with Gasteiger partial charge in [-0.25, -0.2) is 4.79 Å². The summed E-state index contributed by atoms with van der Waals surface area (Å²) >= 11 is 0. The zero-order chi connectivity index (χ0) is 16.9. The van der Waals surface area contributed by atoms with E-state index >= 15 is 0 Å². The van der Waals surface area contributed by atoms with Gasteiger partial charge in [-0.05, 0) is 75.3 Å². The van der Waals surface area contributed by atoms with Gasteiger partial charge in [0.15, 0.2) is 12.4 Å². The van der Waals surface area contributed by atoms with Crippen LogP contribution in [0.4, 0.5) is 0 Å². The van der Waals surface area contributed by atoms with Crippen molar-refractivity contribution in [2.24, 2.45) is 23.2 Å². The molecule has 4 aliphatic rings. The van der Waals surface area contributed by atoms with Crippen LogP contribution in [-0.4, -0.2) is 23.5 Å². The molecule has 4 aliphatic carbocycles. The SMILES string of the molecule is Cc1ccc(O)c(C(=O)OCC(=O)C23CC4CC(CC(C4)C2)C3)c1. The second kappa shape index (κ2) is 5.61. The van der Waals surface area contributed by atoms with Crippen LogP contribution in [0.2, 0.25) is 0 Å². The van der Waals surface area contributed by atoms with Crippen LogP contribution in [0.3, 0.4) is 0 Å². The first kappa shape index (κ1) is 15.7. The Balaban J connectivity index is 1.43. The molecule has 1 aromatic carbocycles. The summed E-state index contributed by atoms with van der Waals surface area (Å²) < 4.78 is 5.27. The Bertz CT molecular complexity index is 656. The molecule has 1 N–H and O–H groups in total. The van der Waals surface area contributed by atoms with Crippen molar-refractivity contribution in [1.29, 1.82) is 0 Å². The van der Waals surface area contributed by atoms with Crippen molar-refractivity contribution in [3.63, 3.8) is 0 Å². The van der Waals surface area contributed by atoms with Gasteiger partial charge in [0.2, 0.25) is 0 Å². The van der Waals surface area contributed by atoms with Gasteiger partial charge >= 0.3 is 5.97 Å². The number of phenolic OH excluding ortho intramolecular Hbond substituents is 1. The van der Waals surface area contributed by atoms with Crippen LogP contribution >= 0.6 is 0 Å². The maximum absolute atomic E-state index is 12.8. The van der Waals surface area contributed by atoms with Crippen molar-refractivity contribution >= 4 is 11.8 Å². The van der Waals surface area contributed by atoms with Crippen molar-refractivity contribution in [1.82, 2.24) is 0 Å². The lowest BCUT2D eigenvalue weighted by Gasteiger charge is -2.55. The van der Waals surface area contributed by atoms with Gasteiger partial charge in [-0.1, -0.05) is 11.6 Å². The molecular weight excluding hydrogens is 304 g/mol. The lowest BCUT2D eigenvalue weighted by molar-refractivity contribution is -0.147. The fourth-order valence-corrected chi connectivity index (χ4v) is 5.63. The third-order valence-electron chi connectivity index (χ3n) is 6.34. The minimum absolute atomic E-state index is 0.0853. The van der Waals surface area contributed by atoms with Gasteiger partial charge in [-0.3, -0.25) is 4.79 Å². The minimum Gasteiger partial charge on any atom is -0.507 e. The number of phenols is 1.